The summed E-state index contributed by atoms with van der Waals surface area (Å²) in [6, 6.07) is 0. The molecular weight excluding hydrogens is 837 g/mol. The Morgan fingerprint density at radius 2 is 0.618 bits per heavy atom. The van der Waals surface area contributed by atoms with Crippen molar-refractivity contribution in [1.82, 2.24) is 0 Å². The molecule has 0 fully saturated rings. The Bertz CT molecular complexity index is 1520. The third-order valence-corrected chi connectivity index (χ3v) is 10.5. The molecule has 0 radical (unpaired) electrons. The minimum atomic E-state index is -0.593. The van der Waals surface area contributed by atoms with Gasteiger partial charge in [0.05, 0.1) is 6.61 Å². The van der Waals surface area contributed by atoms with Crippen molar-refractivity contribution in [2.75, 3.05) is 19.8 Å². The van der Waals surface area contributed by atoms with Gasteiger partial charge in [0, 0.05) is 19.4 Å². The fourth-order valence-corrected chi connectivity index (χ4v) is 6.63. The molecule has 1 atom stereocenters. The van der Waals surface area contributed by atoms with E-state index in [1.165, 1.54) is 0 Å². The highest BCUT2D eigenvalue weighted by molar-refractivity contribution is 5.70. The lowest BCUT2D eigenvalue weighted by Crippen LogP contribution is -2.30. The monoisotopic (exact) mass is 935 g/mol. The maximum absolute atomic E-state index is 12.8. The van der Waals surface area contributed by atoms with Crippen LogP contribution >= 0.6 is 0 Å². The molecule has 0 aromatic carbocycles. The van der Waals surface area contributed by atoms with Crippen LogP contribution in [0.1, 0.15) is 201 Å². The van der Waals surface area contributed by atoms with Crippen LogP contribution in [0.25, 0.3) is 0 Å². The average Bonchev–Trinajstić information content (AvgIpc) is 3.34. The first-order valence-electron chi connectivity index (χ1n) is 27.0. The number of hydrogen-bond acceptors (Lipinski definition) is 5. The maximum Gasteiger partial charge on any atom is 0.306 e. The molecule has 0 aliphatic carbocycles. The summed E-state index contributed by atoms with van der Waals surface area (Å²) < 4.78 is 17.4. The Kier molecular flexibility index (Phi) is 53.1. The molecule has 0 saturated heterocycles. The van der Waals surface area contributed by atoms with Crippen molar-refractivity contribution < 1.29 is 23.8 Å². The summed E-state index contributed by atoms with van der Waals surface area (Å²) in [6.07, 6.45) is 84.0. The largest absolute Gasteiger partial charge is 0.462 e. The first-order chi connectivity index (χ1) is 33.6. The van der Waals surface area contributed by atoms with Gasteiger partial charge in [-0.25, -0.2) is 0 Å². The minimum absolute atomic E-state index is 0.0330. The van der Waals surface area contributed by atoms with Gasteiger partial charge in [-0.05, 0) is 141 Å². The van der Waals surface area contributed by atoms with Gasteiger partial charge in [-0.3, -0.25) is 9.59 Å². The number of carbonyl (C=O) groups excluding carboxylic acids is 2. The number of carbonyl (C=O) groups is 2. The van der Waals surface area contributed by atoms with E-state index in [1.807, 2.05) is 0 Å². The molecule has 0 bridgehead atoms. The molecule has 0 heterocycles. The number of hydrogen-bond donors (Lipinski definition) is 0. The van der Waals surface area contributed by atoms with E-state index in [0.29, 0.717) is 19.4 Å². The minimum Gasteiger partial charge on any atom is -0.462 e. The van der Waals surface area contributed by atoms with Crippen LogP contribution in [-0.2, 0) is 23.8 Å². The molecule has 0 aliphatic heterocycles. The lowest BCUT2D eigenvalue weighted by molar-refractivity contribution is -0.163. The molecule has 0 amide bonds. The summed E-state index contributed by atoms with van der Waals surface area (Å²) in [6.45, 7) is 7.33. The standard InChI is InChI=1S/C63H98O5/c1-4-7-10-13-16-19-22-25-28-31-32-34-35-38-41-44-47-50-53-56-62(64)67-60-61(59-66-58-55-52-49-46-43-40-37-30-27-24-21-18-15-12-9-6-3)68-63(65)57-54-51-48-45-42-39-36-33-29-26-23-20-17-14-11-8-5-2/h7-12,16-21,25-30,32,34,36,38-41,43,61H,4-6,13-15,22-24,31,33,35,37,42,44-60H2,1-3H3/b10-7-,11-8-,12-9-,19-16-,20-17-,21-18-,28-25-,29-26-,30-27-,34-32-,39-36-,41-38-,43-40-. The fraction of sp³-hybridized carbons (Fsp3) is 0.556. The van der Waals surface area contributed by atoms with E-state index in [1.54, 1.807) is 0 Å². The molecule has 380 valence electrons. The van der Waals surface area contributed by atoms with E-state index in [4.69, 9.17) is 14.2 Å². The van der Waals surface area contributed by atoms with E-state index in [-0.39, 0.29) is 25.2 Å². The molecule has 1 unspecified atom stereocenters. The second kappa shape index (κ2) is 56.8. The molecule has 0 spiro atoms. The highest BCUT2D eigenvalue weighted by Crippen LogP contribution is 2.11. The number of ether oxygens (including phenoxy) is 3. The Morgan fingerprint density at radius 1 is 0.324 bits per heavy atom. The summed E-state index contributed by atoms with van der Waals surface area (Å²) in [4.78, 5) is 25.5. The summed E-state index contributed by atoms with van der Waals surface area (Å²) in [7, 11) is 0. The number of esters is 2. The molecule has 0 rings (SSSR count). The van der Waals surface area contributed by atoms with Crippen molar-refractivity contribution >= 4 is 11.9 Å². The third-order valence-electron chi connectivity index (χ3n) is 10.5. The van der Waals surface area contributed by atoms with Crippen LogP contribution in [0.15, 0.2) is 158 Å². The van der Waals surface area contributed by atoms with Gasteiger partial charge >= 0.3 is 11.9 Å². The van der Waals surface area contributed by atoms with Gasteiger partial charge in [-0.1, -0.05) is 204 Å². The average molecular weight is 935 g/mol. The molecule has 0 N–H and O–H groups in total. The number of allylic oxidation sites excluding steroid dienone is 26. The summed E-state index contributed by atoms with van der Waals surface area (Å²) >= 11 is 0. The first-order valence-corrected chi connectivity index (χ1v) is 27.0. The van der Waals surface area contributed by atoms with Crippen LogP contribution in [0.3, 0.4) is 0 Å². The molecule has 0 aromatic rings. The first kappa shape index (κ1) is 63.5. The molecule has 68 heavy (non-hydrogen) atoms. The zero-order chi connectivity index (χ0) is 49.2. The Labute approximate surface area is 418 Å². The van der Waals surface area contributed by atoms with Gasteiger partial charge in [0.15, 0.2) is 6.10 Å². The summed E-state index contributed by atoms with van der Waals surface area (Å²) in [5.41, 5.74) is 0. The lowest BCUT2D eigenvalue weighted by Gasteiger charge is -2.18. The lowest BCUT2D eigenvalue weighted by atomic mass is 10.1. The molecule has 0 saturated carbocycles. The van der Waals surface area contributed by atoms with Crippen LogP contribution in [0.4, 0.5) is 0 Å². The van der Waals surface area contributed by atoms with Gasteiger partial charge in [0.1, 0.15) is 6.61 Å². The second-order valence-electron chi connectivity index (χ2n) is 17.0. The third kappa shape index (κ3) is 54.1. The zero-order valence-corrected chi connectivity index (χ0v) is 43.6. The van der Waals surface area contributed by atoms with Gasteiger partial charge in [-0.2, -0.15) is 0 Å². The van der Waals surface area contributed by atoms with Gasteiger partial charge in [-0.15, -0.1) is 0 Å². The molecule has 0 aliphatic rings. The maximum atomic E-state index is 12.8. The number of unbranched alkanes of at least 4 members (excludes halogenated alkanes) is 10. The molecule has 5 heteroatoms. The van der Waals surface area contributed by atoms with E-state index in [2.05, 4.69) is 179 Å². The van der Waals surface area contributed by atoms with Gasteiger partial charge in [0.25, 0.3) is 0 Å². The molecule has 0 aromatic heterocycles. The van der Waals surface area contributed by atoms with Crippen molar-refractivity contribution in [3.8, 4) is 0 Å². The van der Waals surface area contributed by atoms with E-state index >= 15 is 0 Å². The molecule has 5 nitrogen and oxygen atoms in total. The van der Waals surface area contributed by atoms with Crippen molar-refractivity contribution in [3.63, 3.8) is 0 Å². The summed E-state index contributed by atoms with van der Waals surface area (Å²) in [5, 5.41) is 0. The van der Waals surface area contributed by atoms with Crippen LogP contribution in [0, 0.1) is 0 Å². The summed E-state index contributed by atoms with van der Waals surface area (Å²) in [5.74, 6) is -0.494. The highest BCUT2D eigenvalue weighted by atomic mass is 16.6. The van der Waals surface area contributed by atoms with E-state index in [9.17, 15) is 9.59 Å². The molecular formula is C63H98O5. The van der Waals surface area contributed by atoms with Crippen LogP contribution in [-0.4, -0.2) is 37.9 Å². The van der Waals surface area contributed by atoms with Crippen molar-refractivity contribution in [2.45, 2.75) is 207 Å². The Morgan fingerprint density at radius 3 is 0.985 bits per heavy atom. The van der Waals surface area contributed by atoms with Crippen molar-refractivity contribution in [3.05, 3.63) is 158 Å². The van der Waals surface area contributed by atoms with Crippen molar-refractivity contribution in [2.24, 2.45) is 0 Å². The fourth-order valence-electron chi connectivity index (χ4n) is 6.63. The van der Waals surface area contributed by atoms with Gasteiger partial charge in [0.2, 0.25) is 0 Å². The van der Waals surface area contributed by atoms with Crippen LogP contribution < -0.4 is 0 Å². The van der Waals surface area contributed by atoms with Crippen molar-refractivity contribution in [1.29, 1.82) is 0 Å². The van der Waals surface area contributed by atoms with E-state index in [0.717, 1.165) is 167 Å². The van der Waals surface area contributed by atoms with E-state index < -0.39 is 6.10 Å². The SMILES string of the molecule is CC/C=C\C/C=C\C/C=C\C/C=C\C/C=C\CCCCCC(=O)OCC(COCCCCC/C=C\C/C=C\C/C=C\C/C=C\CC)OC(=O)CCCCCC/C=C\C/C=C\C/C=C\C/C=C\CC. The Balaban J connectivity index is 4.49. The Hall–Kier alpha value is -4.48. The topological polar surface area (TPSA) is 61.8 Å². The van der Waals surface area contributed by atoms with Gasteiger partial charge < -0.3 is 14.2 Å². The normalized spacial score (nSPS) is 13.5. The zero-order valence-electron chi connectivity index (χ0n) is 43.6. The van der Waals surface area contributed by atoms with Crippen LogP contribution in [0.2, 0.25) is 0 Å². The second-order valence-corrected chi connectivity index (χ2v) is 17.0. The number of rotatable bonds is 47. The van der Waals surface area contributed by atoms with Crippen LogP contribution in [0.5, 0.6) is 0 Å². The predicted molar refractivity (Wildman–Crippen MR) is 297 cm³/mol. The predicted octanol–water partition coefficient (Wildman–Crippen LogP) is 18.7. The highest BCUT2D eigenvalue weighted by Gasteiger charge is 2.17. The smallest absolute Gasteiger partial charge is 0.306 e. The quantitative estimate of drug-likeness (QED) is 0.0346.